The molecule has 0 N–H and O–H groups in total. The Morgan fingerprint density at radius 2 is 1.05 bits per heavy atom. The molecule has 8 saturated carbocycles. The highest BCUT2D eigenvalue weighted by Crippen LogP contribution is 2.77. The molecule has 0 radical (unpaired) electrons. The van der Waals surface area contributed by atoms with Gasteiger partial charge in [-0.25, -0.2) is 9.78 Å². The van der Waals surface area contributed by atoms with E-state index in [0.717, 1.165) is 35.5 Å². The molecule has 1 spiro atoms. The van der Waals surface area contributed by atoms with E-state index in [1.165, 1.54) is 70.6 Å². The average Bonchev–Trinajstić information content (AvgIpc) is 2.42. The van der Waals surface area contributed by atoms with Crippen LogP contribution in [-0.2, 0) is 9.78 Å². The SMILES string of the molecule is C1C2CC3CC1CC(C14OOC15CC1CC(CC4C1)C5)(C2)C3. The quantitative estimate of drug-likeness (QED) is 0.665. The van der Waals surface area contributed by atoms with Gasteiger partial charge in [-0.2, -0.15) is 0 Å². The van der Waals surface area contributed by atoms with Crippen molar-refractivity contribution in [2.75, 3.05) is 0 Å². The van der Waals surface area contributed by atoms with E-state index in [9.17, 15) is 0 Å². The van der Waals surface area contributed by atoms with Crippen molar-refractivity contribution in [2.45, 2.75) is 81.8 Å². The fourth-order valence-corrected chi connectivity index (χ4v) is 9.88. The summed E-state index contributed by atoms with van der Waals surface area (Å²) in [5, 5.41) is 0. The second-order valence-electron chi connectivity index (χ2n) is 10.6. The highest BCUT2D eigenvalue weighted by molar-refractivity contribution is 5.27. The zero-order valence-electron chi connectivity index (χ0n) is 13.6. The molecule has 0 aromatic rings. The highest BCUT2D eigenvalue weighted by atomic mass is 17.3. The lowest BCUT2D eigenvalue weighted by Gasteiger charge is -2.78. The van der Waals surface area contributed by atoms with Gasteiger partial charge in [-0.3, -0.25) is 0 Å². The van der Waals surface area contributed by atoms with E-state index in [1.807, 2.05) is 0 Å². The molecular formula is C20H28O2. The van der Waals surface area contributed by atoms with Crippen LogP contribution in [0, 0.1) is 40.9 Å². The molecule has 2 nitrogen and oxygen atoms in total. The third-order valence-corrected chi connectivity index (χ3v) is 9.55. The molecule has 0 aromatic carbocycles. The lowest BCUT2D eigenvalue weighted by atomic mass is 9.35. The lowest BCUT2D eigenvalue weighted by Crippen LogP contribution is -2.84. The van der Waals surface area contributed by atoms with Crippen LogP contribution in [0.4, 0.5) is 0 Å². The largest absolute Gasteiger partial charge is 0.226 e. The van der Waals surface area contributed by atoms with Crippen LogP contribution in [-0.4, -0.2) is 11.2 Å². The number of hydrogen-bond donors (Lipinski definition) is 0. The standard InChI is InChI=1S/C20H28O2/c1-12-2-14-3-13(1)8-18(7-12,9-14)20-17-5-15-4-16(6-17)11-19(20,10-15)21-22-20/h12-17H,1-11H2. The summed E-state index contributed by atoms with van der Waals surface area (Å²) in [6.07, 6.45) is 16.2. The maximum absolute atomic E-state index is 6.33. The molecule has 0 amide bonds. The molecule has 8 bridgehead atoms. The van der Waals surface area contributed by atoms with Crippen molar-refractivity contribution < 1.29 is 9.78 Å². The van der Waals surface area contributed by atoms with Gasteiger partial charge < -0.3 is 0 Å². The van der Waals surface area contributed by atoms with Crippen LogP contribution < -0.4 is 0 Å². The molecule has 9 rings (SSSR count). The minimum absolute atomic E-state index is 0.156. The molecule has 3 atom stereocenters. The van der Waals surface area contributed by atoms with Gasteiger partial charge in [-0.1, -0.05) is 0 Å². The Bertz CT molecular complexity index is 505. The first-order valence-corrected chi connectivity index (χ1v) is 10.1. The molecule has 3 unspecified atom stereocenters. The topological polar surface area (TPSA) is 18.5 Å². The number of rotatable bonds is 1. The van der Waals surface area contributed by atoms with Crippen LogP contribution in [0.5, 0.6) is 0 Å². The van der Waals surface area contributed by atoms with Crippen LogP contribution in [0.3, 0.4) is 0 Å². The average molecular weight is 300 g/mol. The second-order valence-corrected chi connectivity index (χ2v) is 10.6. The van der Waals surface area contributed by atoms with Gasteiger partial charge in [0, 0.05) is 5.41 Å². The fraction of sp³-hybridized carbons (Fsp3) is 1.00. The zero-order chi connectivity index (χ0) is 14.2. The first-order chi connectivity index (χ1) is 10.7. The Hall–Kier alpha value is -0.0800. The Morgan fingerprint density at radius 3 is 1.45 bits per heavy atom. The number of hydrogen-bond acceptors (Lipinski definition) is 2. The summed E-state index contributed by atoms with van der Waals surface area (Å²) in [5.74, 6) is 5.84. The van der Waals surface area contributed by atoms with E-state index in [-0.39, 0.29) is 11.2 Å². The minimum Gasteiger partial charge on any atom is -0.226 e. The van der Waals surface area contributed by atoms with E-state index in [0.29, 0.717) is 5.41 Å². The molecular weight excluding hydrogens is 272 g/mol. The van der Waals surface area contributed by atoms with Crippen molar-refractivity contribution >= 4 is 0 Å². The smallest absolute Gasteiger partial charge is 0.144 e. The normalized spacial score (nSPS) is 69.8. The molecule has 1 heterocycles. The molecule has 9 aliphatic rings. The summed E-state index contributed by atoms with van der Waals surface area (Å²) in [7, 11) is 0. The Kier molecular flexibility index (Phi) is 1.94. The molecule has 0 aromatic heterocycles. The van der Waals surface area contributed by atoms with Crippen molar-refractivity contribution in [3.63, 3.8) is 0 Å². The lowest BCUT2D eigenvalue weighted by molar-refractivity contribution is -0.615. The van der Waals surface area contributed by atoms with Crippen molar-refractivity contribution in [3.8, 4) is 0 Å². The predicted octanol–water partition coefficient (Wildman–Crippen LogP) is 4.48. The van der Waals surface area contributed by atoms with E-state index < -0.39 is 0 Å². The summed E-state index contributed by atoms with van der Waals surface area (Å²) >= 11 is 0. The van der Waals surface area contributed by atoms with Crippen molar-refractivity contribution in [2.24, 2.45) is 40.9 Å². The fourth-order valence-electron chi connectivity index (χ4n) is 9.88. The molecule has 2 heteroatoms. The van der Waals surface area contributed by atoms with Gasteiger partial charge in [-0.05, 0) is 106 Å². The monoisotopic (exact) mass is 300 g/mol. The maximum Gasteiger partial charge on any atom is 0.144 e. The van der Waals surface area contributed by atoms with Gasteiger partial charge in [0.25, 0.3) is 0 Å². The van der Waals surface area contributed by atoms with Gasteiger partial charge in [0.1, 0.15) is 11.2 Å². The molecule has 9 fully saturated rings. The summed E-state index contributed by atoms with van der Waals surface area (Å²) in [6, 6.07) is 0. The van der Waals surface area contributed by atoms with Crippen LogP contribution in [0.25, 0.3) is 0 Å². The van der Waals surface area contributed by atoms with Crippen LogP contribution in [0.1, 0.15) is 70.6 Å². The van der Waals surface area contributed by atoms with Crippen LogP contribution in [0.2, 0.25) is 0 Å². The second kappa shape index (κ2) is 3.47. The van der Waals surface area contributed by atoms with Crippen molar-refractivity contribution in [1.29, 1.82) is 0 Å². The molecule has 22 heavy (non-hydrogen) atoms. The maximum atomic E-state index is 6.33. The van der Waals surface area contributed by atoms with Crippen molar-refractivity contribution in [1.82, 2.24) is 0 Å². The van der Waals surface area contributed by atoms with Crippen LogP contribution >= 0.6 is 0 Å². The van der Waals surface area contributed by atoms with E-state index >= 15 is 0 Å². The molecule has 120 valence electrons. The van der Waals surface area contributed by atoms with Crippen LogP contribution in [0.15, 0.2) is 0 Å². The Labute approximate surface area is 133 Å². The van der Waals surface area contributed by atoms with Gasteiger partial charge >= 0.3 is 0 Å². The zero-order valence-corrected chi connectivity index (χ0v) is 13.6. The van der Waals surface area contributed by atoms with E-state index in [2.05, 4.69) is 0 Å². The molecule has 1 aliphatic heterocycles. The Balaban J connectivity index is 1.39. The van der Waals surface area contributed by atoms with Gasteiger partial charge in [0.2, 0.25) is 0 Å². The van der Waals surface area contributed by atoms with Gasteiger partial charge in [0.15, 0.2) is 0 Å². The van der Waals surface area contributed by atoms with Crippen molar-refractivity contribution in [3.05, 3.63) is 0 Å². The van der Waals surface area contributed by atoms with Gasteiger partial charge in [0.05, 0.1) is 0 Å². The predicted molar refractivity (Wildman–Crippen MR) is 81.8 cm³/mol. The summed E-state index contributed by atoms with van der Waals surface area (Å²) < 4.78 is 0. The van der Waals surface area contributed by atoms with E-state index in [4.69, 9.17) is 9.78 Å². The first-order valence-electron chi connectivity index (χ1n) is 10.1. The first kappa shape index (κ1) is 12.3. The highest BCUT2D eigenvalue weighted by Gasteiger charge is 2.82. The third-order valence-electron chi connectivity index (χ3n) is 9.55. The summed E-state index contributed by atoms with van der Waals surface area (Å²) in [5.41, 5.74) is 0.828. The molecule has 8 aliphatic carbocycles. The third kappa shape index (κ3) is 1.12. The summed E-state index contributed by atoms with van der Waals surface area (Å²) in [4.78, 5) is 12.4. The summed E-state index contributed by atoms with van der Waals surface area (Å²) in [6.45, 7) is 0. The van der Waals surface area contributed by atoms with Gasteiger partial charge in [-0.15, -0.1) is 0 Å². The minimum atomic E-state index is 0.156. The molecule has 1 saturated heterocycles. The Morgan fingerprint density at radius 1 is 0.545 bits per heavy atom. The van der Waals surface area contributed by atoms with E-state index in [1.54, 1.807) is 0 Å².